The lowest BCUT2D eigenvalue weighted by Gasteiger charge is -2.15. The smallest absolute Gasteiger partial charge is 0.321 e. The Bertz CT molecular complexity index is 621. The summed E-state index contributed by atoms with van der Waals surface area (Å²) in [6, 6.07) is 10.3. The van der Waals surface area contributed by atoms with Gasteiger partial charge in [0.1, 0.15) is 5.01 Å². The van der Waals surface area contributed by atoms with Crippen LogP contribution in [-0.4, -0.2) is 22.3 Å². The minimum atomic E-state index is -0.167. The zero-order valence-electron chi connectivity index (χ0n) is 13.1. The van der Waals surface area contributed by atoms with Gasteiger partial charge in [-0.05, 0) is 18.4 Å². The topological polar surface area (TPSA) is 66.9 Å². The van der Waals surface area contributed by atoms with Crippen molar-refractivity contribution in [1.82, 2.24) is 15.5 Å². The fraction of sp³-hybridized carbons (Fsp3) is 0.471. The van der Waals surface area contributed by atoms with Gasteiger partial charge in [-0.3, -0.25) is 5.32 Å². The van der Waals surface area contributed by atoms with Gasteiger partial charge in [0.25, 0.3) is 0 Å². The monoisotopic (exact) mass is 330 g/mol. The van der Waals surface area contributed by atoms with Gasteiger partial charge in [-0.2, -0.15) is 0 Å². The highest BCUT2D eigenvalue weighted by Crippen LogP contribution is 2.20. The number of aromatic nitrogens is 2. The molecular formula is C17H22N4OS. The quantitative estimate of drug-likeness (QED) is 0.834. The molecule has 5 nitrogen and oxygen atoms in total. The van der Waals surface area contributed by atoms with Crippen LogP contribution in [0.3, 0.4) is 0 Å². The van der Waals surface area contributed by atoms with E-state index in [1.54, 1.807) is 0 Å². The normalized spacial score (nSPS) is 15.8. The lowest BCUT2D eigenvalue weighted by Crippen LogP contribution is -2.37. The van der Waals surface area contributed by atoms with E-state index >= 15 is 0 Å². The van der Waals surface area contributed by atoms with Crippen LogP contribution in [0.15, 0.2) is 30.3 Å². The first-order valence-electron chi connectivity index (χ1n) is 8.23. The number of hydrogen-bond donors (Lipinski definition) is 2. The number of benzene rings is 1. The maximum Gasteiger partial charge on any atom is 0.321 e. The van der Waals surface area contributed by atoms with Crippen molar-refractivity contribution in [2.24, 2.45) is 0 Å². The van der Waals surface area contributed by atoms with Crippen molar-refractivity contribution in [3.63, 3.8) is 0 Å². The van der Waals surface area contributed by atoms with Crippen LogP contribution in [-0.2, 0) is 6.42 Å². The predicted molar refractivity (Wildman–Crippen MR) is 92.8 cm³/mol. The van der Waals surface area contributed by atoms with Gasteiger partial charge >= 0.3 is 6.03 Å². The molecule has 1 aromatic heterocycles. The summed E-state index contributed by atoms with van der Waals surface area (Å²) in [5.41, 5.74) is 1.19. The molecule has 1 heterocycles. The van der Waals surface area contributed by atoms with E-state index in [2.05, 4.69) is 33.0 Å². The molecular weight excluding hydrogens is 308 g/mol. The van der Waals surface area contributed by atoms with Gasteiger partial charge in [0, 0.05) is 12.5 Å². The zero-order chi connectivity index (χ0) is 15.9. The fourth-order valence-corrected chi connectivity index (χ4v) is 3.66. The Kier molecular flexibility index (Phi) is 5.58. The van der Waals surface area contributed by atoms with E-state index in [9.17, 15) is 4.79 Å². The molecule has 1 saturated carbocycles. The van der Waals surface area contributed by atoms with E-state index in [1.807, 2.05) is 18.2 Å². The molecule has 2 N–H and O–H groups in total. The summed E-state index contributed by atoms with van der Waals surface area (Å²) in [6.07, 6.45) is 7.84. The predicted octanol–water partition coefficient (Wildman–Crippen LogP) is 3.97. The highest BCUT2D eigenvalue weighted by atomic mass is 32.1. The van der Waals surface area contributed by atoms with Crippen LogP contribution in [0.25, 0.3) is 0 Å². The van der Waals surface area contributed by atoms with Crippen molar-refractivity contribution in [2.75, 3.05) is 5.32 Å². The first-order chi connectivity index (χ1) is 11.3. The Morgan fingerprint density at radius 1 is 1.09 bits per heavy atom. The summed E-state index contributed by atoms with van der Waals surface area (Å²) in [5, 5.41) is 15.5. The van der Waals surface area contributed by atoms with Crippen molar-refractivity contribution in [3.05, 3.63) is 40.9 Å². The number of carbonyl (C=O) groups excluding carboxylic acids is 1. The second kappa shape index (κ2) is 8.06. The Labute approximate surface area is 140 Å². The molecule has 0 bridgehead atoms. The number of rotatable bonds is 4. The van der Waals surface area contributed by atoms with Gasteiger partial charge in [-0.25, -0.2) is 4.79 Å². The number of amides is 2. The molecule has 1 fully saturated rings. The summed E-state index contributed by atoms with van der Waals surface area (Å²) < 4.78 is 0. The van der Waals surface area contributed by atoms with Crippen LogP contribution >= 0.6 is 11.3 Å². The van der Waals surface area contributed by atoms with Crippen molar-refractivity contribution >= 4 is 22.5 Å². The molecule has 0 unspecified atom stereocenters. The fourth-order valence-electron chi connectivity index (χ4n) is 2.89. The molecule has 0 aliphatic heterocycles. The Morgan fingerprint density at radius 2 is 1.83 bits per heavy atom. The Balaban J connectivity index is 1.51. The summed E-state index contributed by atoms with van der Waals surface area (Å²) >= 11 is 1.43. The van der Waals surface area contributed by atoms with Crippen LogP contribution in [0, 0.1) is 0 Å². The molecule has 2 aromatic rings. The molecule has 3 rings (SSSR count). The molecule has 23 heavy (non-hydrogen) atoms. The van der Waals surface area contributed by atoms with Crippen molar-refractivity contribution in [1.29, 1.82) is 0 Å². The molecule has 2 amide bonds. The average molecular weight is 330 g/mol. The minimum absolute atomic E-state index is 0.167. The van der Waals surface area contributed by atoms with E-state index in [4.69, 9.17) is 0 Å². The third-order valence-corrected chi connectivity index (χ3v) is 4.91. The lowest BCUT2D eigenvalue weighted by atomic mass is 10.1. The lowest BCUT2D eigenvalue weighted by molar-refractivity contribution is 0.247. The van der Waals surface area contributed by atoms with Gasteiger partial charge < -0.3 is 5.32 Å². The molecule has 1 aliphatic carbocycles. The molecule has 1 aliphatic rings. The van der Waals surface area contributed by atoms with Crippen molar-refractivity contribution in [2.45, 2.75) is 51.0 Å². The molecule has 122 valence electrons. The first-order valence-corrected chi connectivity index (χ1v) is 9.05. The van der Waals surface area contributed by atoms with Gasteiger partial charge in [0.15, 0.2) is 0 Å². The summed E-state index contributed by atoms with van der Waals surface area (Å²) in [4.78, 5) is 12.1. The van der Waals surface area contributed by atoms with E-state index in [0.717, 1.165) is 24.3 Å². The van der Waals surface area contributed by atoms with Crippen LogP contribution in [0.2, 0.25) is 0 Å². The molecule has 0 spiro atoms. The SMILES string of the molecule is O=C(Nc1nnc(Cc2ccccc2)s1)NC1CCCCCC1. The summed E-state index contributed by atoms with van der Waals surface area (Å²) in [5.74, 6) is 0. The third kappa shape index (κ3) is 5.03. The second-order valence-corrected chi connectivity index (χ2v) is 7.01. The molecule has 0 radical (unpaired) electrons. The number of carbonyl (C=O) groups is 1. The standard InChI is InChI=1S/C17H22N4OS/c22-16(18-14-10-6-1-2-7-11-14)19-17-21-20-15(23-17)12-13-8-4-3-5-9-13/h3-5,8-9,14H,1-2,6-7,10-12H2,(H2,18,19,21,22). The van der Waals surface area contributed by atoms with Crippen molar-refractivity contribution in [3.8, 4) is 0 Å². The zero-order valence-corrected chi connectivity index (χ0v) is 13.9. The summed E-state index contributed by atoms with van der Waals surface area (Å²) in [7, 11) is 0. The maximum absolute atomic E-state index is 12.1. The van der Waals surface area contributed by atoms with Gasteiger partial charge in [-0.1, -0.05) is 67.4 Å². The van der Waals surface area contributed by atoms with E-state index < -0.39 is 0 Å². The Hall–Kier alpha value is -1.95. The Morgan fingerprint density at radius 3 is 2.57 bits per heavy atom. The maximum atomic E-state index is 12.1. The molecule has 1 aromatic carbocycles. The van der Waals surface area contributed by atoms with Crippen LogP contribution < -0.4 is 10.6 Å². The first kappa shape index (κ1) is 15.9. The largest absolute Gasteiger partial charge is 0.335 e. The van der Waals surface area contributed by atoms with Crippen molar-refractivity contribution < 1.29 is 4.79 Å². The van der Waals surface area contributed by atoms with E-state index in [-0.39, 0.29) is 12.1 Å². The number of nitrogens with zero attached hydrogens (tertiary/aromatic N) is 2. The van der Waals surface area contributed by atoms with E-state index in [1.165, 1.54) is 42.6 Å². The number of nitrogens with one attached hydrogen (secondary N) is 2. The highest BCUT2D eigenvalue weighted by molar-refractivity contribution is 7.15. The van der Waals surface area contributed by atoms with Gasteiger partial charge in [0.05, 0.1) is 0 Å². The van der Waals surface area contributed by atoms with Crippen LogP contribution in [0.5, 0.6) is 0 Å². The van der Waals surface area contributed by atoms with Crippen LogP contribution in [0.4, 0.5) is 9.93 Å². The van der Waals surface area contributed by atoms with Crippen LogP contribution in [0.1, 0.15) is 49.1 Å². The van der Waals surface area contributed by atoms with Gasteiger partial charge in [-0.15, -0.1) is 10.2 Å². The molecule has 0 atom stereocenters. The number of urea groups is 1. The van der Waals surface area contributed by atoms with Gasteiger partial charge in [0.2, 0.25) is 5.13 Å². The number of anilines is 1. The average Bonchev–Trinajstić information content (AvgIpc) is 2.82. The molecule has 0 saturated heterocycles. The minimum Gasteiger partial charge on any atom is -0.335 e. The van der Waals surface area contributed by atoms with E-state index in [0.29, 0.717) is 5.13 Å². The summed E-state index contributed by atoms with van der Waals surface area (Å²) in [6.45, 7) is 0. The highest BCUT2D eigenvalue weighted by Gasteiger charge is 2.15. The second-order valence-electron chi connectivity index (χ2n) is 5.95. The third-order valence-electron chi connectivity index (χ3n) is 4.08. The number of hydrogen-bond acceptors (Lipinski definition) is 4. The molecule has 6 heteroatoms.